The summed E-state index contributed by atoms with van der Waals surface area (Å²) in [6.45, 7) is 10.7. The normalized spacial score (nSPS) is 33.5. The fraction of sp³-hybridized carbons (Fsp3) is 0.792. The van der Waals surface area contributed by atoms with E-state index in [1.54, 1.807) is 15.9 Å². The summed E-state index contributed by atoms with van der Waals surface area (Å²) in [6, 6.07) is -1.30. The summed E-state index contributed by atoms with van der Waals surface area (Å²) < 4.78 is -0.801. The zero-order valence-electron chi connectivity index (χ0n) is 19.8. The van der Waals surface area contributed by atoms with Crippen LogP contribution in [0.25, 0.3) is 0 Å². The van der Waals surface area contributed by atoms with Crippen molar-refractivity contribution in [2.45, 2.75) is 79.8 Å². The number of likely N-dealkylation sites (tertiary alicyclic amines) is 1. The third kappa shape index (κ3) is 4.61. The van der Waals surface area contributed by atoms with Crippen molar-refractivity contribution >= 4 is 45.5 Å². The minimum Gasteiger partial charge on any atom is -0.481 e. The number of hydrogen-bond donors (Lipinski definition) is 2. The lowest BCUT2D eigenvalue weighted by Gasteiger charge is -2.40. The van der Waals surface area contributed by atoms with E-state index in [9.17, 15) is 24.6 Å². The van der Waals surface area contributed by atoms with E-state index in [1.165, 1.54) is 11.8 Å². The molecule has 3 heterocycles. The Bertz CT molecular complexity index is 780. The van der Waals surface area contributed by atoms with Gasteiger partial charge in [-0.1, -0.05) is 55.6 Å². The van der Waals surface area contributed by atoms with Crippen LogP contribution in [0, 0.1) is 17.8 Å². The number of thioether (sulfide) groups is 1. The van der Waals surface area contributed by atoms with E-state index < -0.39 is 34.6 Å². The second kappa shape index (κ2) is 10.7. The molecular weight excluding hydrogens is 508 g/mol. The van der Waals surface area contributed by atoms with Crippen LogP contribution in [-0.4, -0.2) is 84.4 Å². The molecule has 2 bridgehead atoms. The summed E-state index contributed by atoms with van der Waals surface area (Å²) in [4.78, 5) is 43.5. The molecular formula is C24H37BrN2O5S. The quantitative estimate of drug-likeness (QED) is 0.222. The Morgan fingerprint density at radius 1 is 1.39 bits per heavy atom. The Kier molecular flexibility index (Phi) is 8.60. The van der Waals surface area contributed by atoms with Gasteiger partial charge >= 0.3 is 5.97 Å². The fourth-order valence-electron chi connectivity index (χ4n) is 6.02. The molecule has 3 fully saturated rings. The minimum absolute atomic E-state index is 0.0754. The van der Waals surface area contributed by atoms with E-state index in [4.69, 9.17) is 0 Å². The van der Waals surface area contributed by atoms with Gasteiger partial charge in [0.05, 0.1) is 29.2 Å². The van der Waals surface area contributed by atoms with Gasteiger partial charge in [-0.05, 0) is 25.2 Å². The minimum atomic E-state index is -0.986. The lowest BCUT2D eigenvalue weighted by Crippen LogP contribution is -2.58. The highest BCUT2D eigenvalue weighted by atomic mass is 79.9. The van der Waals surface area contributed by atoms with Gasteiger partial charge in [0.25, 0.3) is 0 Å². The molecule has 0 aromatic heterocycles. The van der Waals surface area contributed by atoms with Crippen molar-refractivity contribution in [2.24, 2.45) is 17.8 Å². The van der Waals surface area contributed by atoms with Crippen molar-refractivity contribution < 1.29 is 24.6 Å². The summed E-state index contributed by atoms with van der Waals surface area (Å²) in [5.74, 6) is -2.81. The number of rotatable bonds is 12. The lowest BCUT2D eigenvalue weighted by molar-refractivity contribution is -0.150. The van der Waals surface area contributed by atoms with Crippen LogP contribution in [0.2, 0.25) is 0 Å². The topological polar surface area (TPSA) is 98.2 Å². The smallest absolute Gasteiger partial charge is 0.308 e. The average molecular weight is 546 g/mol. The fourth-order valence-corrected chi connectivity index (χ4v) is 9.60. The van der Waals surface area contributed by atoms with Gasteiger partial charge in [-0.15, -0.1) is 18.3 Å². The number of aliphatic carboxylic acids is 1. The Balaban J connectivity index is 2.07. The zero-order valence-corrected chi connectivity index (χ0v) is 22.2. The van der Waals surface area contributed by atoms with Gasteiger partial charge in [-0.25, -0.2) is 0 Å². The maximum Gasteiger partial charge on any atom is 0.308 e. The van der Waals surface area contributed by atoms with E-state index >= 15 is 0 Å². The number of aliphatic hydroxyl groups excluding tert-OH is 1. The predicted octanol–water partition coefficient (Wildman–Crippen LogP) is 3.15. The van der Waals surface area contributed by atoms with E-state index in [0.717, 1.165) is 19.3 Å². The Hall–Kier alpha value is -1.06. The van der Waals surface area contributed by atoms with Crippen LogP contribution in [0.1, 0.15) is 52.9 Å². The second-order valence-electron chi connectivity index (χ2n) is 9.99. The highest BCUT2D eigenvalue weighted by Gasteiger charge is 2.76. The maximum atomic E-state index is 14.1. The number of carboxylic acids is 1. The van der Waals surface area contributed by atoms with E-state index in [2.05, 4.69) is 29.4 Å². The average Bonchev–Trinajstić information content (AvgIpc) is 3.34. The Morgan fingerprint density at radius 3 is 2.64 bits per heavy atom. The maximum absolute atomic E-state index is 14.1. The van der Waals surface area contributed by atoms with Crippen molar-refractivity contribution in [1.82, 2.24) is 9.80 Å². The Labute approximate surface area is 209 Å². The number of alkyl halides is 1. The van der Waals surface area contributed by atoms with Crippen LogP contribution in [0.5, 0.6) is 0 Å². The summed E-state index contributed by atoms with van der Waals surface area (Å²) in [5.41, 5.74) is 0. The van der Waals surface area contributed by atoms with Crippen LogP contribution >= 0.6 is 27.7 Å². The molecule has 9 heteroatoms. The highest BCUT2D eigenvalue weighted by Crippen LogP contribution is 2.68. The molecule has 1 spiro atoms. The monoisotopic (exact) mass is 544 g/mol. The second-order valence-corrected chi connectivity index (χ2v) is 12.7. The van der Waals surface area contributed by atoms with E-state index in [1.807, 2.05) is 13.8 Å². The lowest BCUT2D eigenvalue weighted by atomic mass is 9.71. The number of carbonyl (C=O) groups is 3. The molecule has 186 valence electrons. The summed E-state index contributed by atoms with van der Waals surface area (Å²) in [5, 5.41) is 20.0. The number of aliphatic hydroxyl groups is 1. The van der Waals surface area contributed by atoms with Gasteiger partial charge in [0.1, 0.15) is 6.04 Å². The standard InChI is InChI=1S/C24H37BrN2O5S/c1-5-7-8-10-26(9-6-2)22(30)20-24-12-16(25)19(33-24)17(23(31)32)18(24)21(29)27(20)15(13-28)11-14(3)4/h6,14-20,28H,2,5,7-13H2,1,3-4H3,(H,31,32)/t15-,16?,17-,18+,19-,20?,24?/m1/s1. The molecule has 0 aromatic rings. The third-order valence-corrected chi connectivity index (χ3v) is 10.5. The zero-order chi connectivity index (χ0) is 24.5. The van der Waals surface area contributed by atoms with Gasteiger partial charge < -0.3 is 20.0 Å². The van der Waals surface area contributed by atoms with Crippen molar-refractivity contribution in [2.75, 3.05) is 19.7 Å². The summed E-state index contributed by atoms with van der Waals surface area (Å²) >= 11 is 5.16. The molecule has 7 atom stereocenters. The number of amides is 2. The molecule has 2 N–H and O–H groups in total. The molecule has 2 amide bonds. The molecule has 7 nitrogen and oxygen atoms in total. The van der Waals surface area contributed by atoms with E-state index in [0.29, 0.717) is 25.9 Å². The van der Waals surface area contributed by atoms with Gasteiger partial charge in [0.2, 0.25) is 11.8 Å². The van der Waals surface area contributed by atoms with Crippen LogP contribution < -0.4 is 0 Å². The van der Waals surface area contributed by atoms with Gasteiger partial charge in [-0.3, -0.25) is 14.4 Å². The molecule has 3 aliphatic rings. The molecule has 0 aromatic carbocycles. The first kappa shape index (κ1) is 26.5. The number of carbonyl (C=O) groups excluding carboxylic acids is 2. The first-order valence-corrected chi connectivity index (χ1v) is 13.8. The SMILES string of the molecule is C=CCN(CCCCC)C(=O)C1N([C@@H](CO)CC(C)C)C(=O)[C@@H]2[C@@H](C(=O)O)[C@@H]3SC12CC3Br. The first-order chi connectivity index (χ1) is 15.6. The van der Waals surface area contributed by atoms with Crippen molar-refractivity contribution in [3.05, 3.63) is 12.7 Å². The van der Waals surface area contributed by atoms with Crippen LogP contribution in [0.4, 0.5) is 0 Å². The van der Waals surface area contributed by atoms with Crippen molar-refractivity contribution in [3.63, 3.8) is 0 Å². The number of halogens is 1. The van der Waals surface area contributed by atoms with Gasteiger partial charge in [-0.2, -0.15) is 0 Å². The largest absolute Gasteiger partial charge is 0.481 e. The van der Waals surface area contributed by atoms with E-state index in [-0.39, 0.29) is 34.4 Å². The molecule has 0 radical (unpaired) electrons. The summed E-state index contributed by atoms with van der Waals surface area (Å²) in [7, 11) is 0. The number of fused-ring (bicyclic) bond motifs is 1. The van der Waals surface area contributed by atoms with Crippen molar-refractivity contribution in [1.29, 1.82) is 0 Å². The molecule has 3 unspecified atom stereocenters. The molecule has 3 saturated heterocycles. The van der Waals surface area contributed by atoms with Gasteiger partial charge in [0, 0.05) is 23.2 Å². The predicted molar refractivity (Wildman–Crippen MR) is 133 cm³/mol. The van der Waals surface area contributed by atoms with Crippen LogP contribution in [0.15, 0.2) is 12.7 Å². The number of hydrogen-bond acceptors (Lipinski definition) is 5. The highest BCUT2D eigenvalue weighted by molar-refractivity contribution is 9.09. The van der Waals surface area contributed by atoms with Gasteiger partial charge in [0.15, 0.2) is 0 Å². The molecule has 3 rings (SSSR count). The number of carboxylic acid groups (broad SMARTS) is 1. The molecule has 3 aliphatic heterocycles. The number of nitrogens with zero attached hydrogens (tertiary/aromatic N) is 2. The number of unbranched alkanes of at least 4 members (excludes halogenated alkanes) is 2. The third-order valence-electron chi connectivity index (χ3n) is 7.29. The molecule has 33 heavy (non-hydrogen) atoms. The molecule has 0 aliphatic carbocycles. The van der Waals surface area contributed by atoms with Crippen LogP contribution in [0.3, 0.4) is 0 Å². The van der Waals surface area contributed by atoms with Crippen molar-refractivity contribution in [3.8, 4) is 0 Å². The first-order valence-electron chi connectivity index (χ1n) is 12.0. The van der Waals surface area contributed by atoms with Crippen LogP contribution in [-0.2, 0) is 14.4 Å². The Morgan fingerprint density at radius 2 is 2.09 bits per heavy atom. The molecule has 0 saturated carbocycles. The summed E-state index contributed by atoms with van der Waals surface area (Å²) in [6.07, 6.45) is 5.69.